The van der Waals surface area contributed by atoms with Gasteiger partial charge in [0.1, 0.15) is 5.75 Å². The molecule has 3 rings (SSSR count). The summed E-state index contributed by atoms with van der Waals surface area (Å²) in [5.41, 5.74) is 1.85. The molecule has 6 nitrogen and oxygen atoms in total. The average molecular weight is 311 g/mol. The van der Waals surface area contributed by atoms with E-state index in [0.29, 0.717) is 5.69 Å². The number of nitrogens with one attached hydrogen (secondary N) is 1. The van der Waals surface area contributed by atoms with Gasteiger partial charge < -0.3 is 10.4 Å². The summed E-state index contributed by atoms with van der Waals surface area (Å²) < 4.78 is 3.15. The third kappa shape index (κ3) is 2.83. The maximum absolute atomic E-state index is 12.3. The van der Waals surface area contributed by atoms with Gasteiger partial charge in [-0.2, -0.15) is 0 Å². The lowest BCUT2D eigenvalue weighted by molar-refractivity contribution is -0.116. The summed E-state index contributed by atoms with van der Waals surface area (Å²) >= 11 is 0. The van der Waals surface area contributed by atoms with Gasteiger partial charge >= 0.3 is 5.69 Å². The summed E-state index contributed by atoms with van der Waals surface area (Å²) in [6.07, 6.45) is 0.141. The molecule has 0 aliphatic carbocycles. The van der Waals surface area contributed by atoms with Gasteiger partial charge in [0, 0.05) is 20.0 Å². The molecule has 0 aliphatic rings. The van der Waals surface area contributed by atoms with Crippen LogP contribution in [0.2, 0.25) is 0 Å². The second-order valence-electron chi connectivity index (χ2n) is 5.30. The van der Waals surface area contributed by atoms with Crippen LogP contribution in [0.15, 0.2) is 53.3 Å². The number of imidazole rings is 1. The minimum atomic E-state index is -0.258. The Bertz CT molecular complexity index is 924. The van der Waals surface area contributed by atoms with Gasteiger partial charge in [-0.3, -0.25) is 13.9 Å². The number of anilines is 1. The van der Waals surface area contributed by atoms with Crippen molar-refractivity contribution in [3.8, 4) is 5.75 Å². The highest BCUT2D eigenvalue weighted by Gasteiger charge is 2.12. The smallest absolute Gasteiger partial charge is 0.328 e. The zero-order valence-electron chi connectivity index (χ0n) is 12.7. The number of para-hydroxylation sites is 4. The minimum absolute atomic E-state index is 0.0168. The van der Waals surface area contributed by atoms with Gasteiger partial charge in [0.15, 0.2) is 0 Å². The number of carbonyl (C=O) groups is 1. The molecule has 3 aromatic rings. The van der Waals surface area contributed by atoms with Gasteiger partial charge in [0.05, 0.1) is 16.7 Å². The molecule has 2 aromatic carbocycles. The largest absolute Gasteiger partial charge is 0.506 e. The summed E-state index contributed by atoms with van der Waals surface area (Å²) in [7, 11) is 1.71. The van der Waals surface area contributed by atoms with E-state index in [0.717, 1.165) is 11.0 Å². The molecule has 1 heterocycles. The lowest BCUT2D eigenvalue weighted by atomic mass is 10.2. The molecule has 0 saturated heterocycles. The number of aryl methyl sites for hydroxylation is 2. The summed E-state index contributed by atoms with van der Waals surface area (Å²) in [5.74, 6) is -0.241. The first-order valence-electron chi connectivity index (χ1n) is 7.30. The van der Waals surface area contributed by atoms with Gasteiger partial charge in [-0.15, -0.1) is 0 Å². The van der Waals surface area contributed by atoms with E-state index in [-0.39, 0.29) is 30.3 Å². The minimum Gasteiger partial charge on any atom is -0.506 e. The molecule has 0 unspecified atom stereocenters. The summed E-state index contributed by atoms with van der Waals surface area (Å²) in [4.78, 5) is 24.3. The fourth-order valence-electron chi connectivity index (χ4n) is 2.58. The number of phenolic OH excluding ortho intramolecular Hbond substituents is 1. The molecule has 23 heavy (non-hydrogen) atoms. The van der Waals surface area contributed by atoms with Crippen LogP contribution in [0.4, 0.5) is 5.69 Å². The number of benzene rings is 2. The van der Waals surface area contributed by atoms with Crippen LogP contribution >= 0.6 is 0 Å². The Kier molecular flexibility index (Phi) is 3.89. The number of amides is 1. The number of fused-ring (bicyclic) bond motifs is 1. The Morgan fingerprint density at radius 3 is 2.48 bits per heavy atom. The molecule has 0 fully saturated rings. The van der Waals surface area contributed by atoms with E-state index >= 15 is 0 Å². The van der Waals surface area contributed by atoms with E-state index in [4.69, 9.17) is 0 Å². The van der Waals surface area contributed by atoms with Crippen LogP contribution in [0, 0.1) is 0 Å². The molecule has 0 spiro atoms. The zero-order valence-corrected chi connectivity index (χ0v) is 12.7. The van der Waals surface area contributed by atoms with E-state index in [1.807, 2.05) is 24.3 Å². The molecule has 0 radical (unpaired) electrons. The molecule has 0 saturated carbocycles. The van der Waals surface area contributed by atoms with Crippen LogP contribution in [0.1, 0.15) is 6.42 Å². The number of aromatic hydroxyl groups is 1. The first kappa shape index (κ1) is 14.9. The van der Waals surface area contributed by atoms with E-state index in [1.165, 1.54) is 6.07 Å². The normalized spacial score (nSPS) is 10.8. The second-order valence-corrected chi connectivity index (χ2v) is 5.30. The fraction of sp³-hybridized carbons (Fsp3) is 0.176. The Hall–Kier alpha value is -3.02. The number of rotatable bonds is 4. The highest BCUT2D eigenvalue weighted by atomic mass is 16.3. The summed E-state index contributed by atoms with van der Waals surface area (Å²) in [6.45, 7) is 0.277. The van der Waals surface area contributed by atoms with E-state index in [9.17, 15) is 14.7 Å². The molecule has 6 heteroatoms. The number of hydrogen-bond acceptors (Lipinski definition) is 3. The van der Waals surface area contributed by atoms with E-state index in [2.05, 4.69) is 5.32 Å². The molecule has 2 N–H and O–H groups in total. The van der Waals surface area contributed by atoms with Crippen molar-refractivity contribution < 1.29 is 9.90 Å². The SMILES string of the molecule is Cn1c(=O)n(CCC(=O)Nc2ccccc2O)c2ccccc21. The third-order valence-electron chi connectivity index (χ3n) is 3.79. The molecule has 0 aliphatic heterocycles. The topological polar surface area (TPSA) is 76.3 Å². The lowest BCUT2D eigenvalue weighted by Gasteiger charge is -2.07. The lowest BCUT2D eigenvalue weighted by Crippen LogP contribution is -2.24. The predicted molar refractivity (Wildman–Crippen MR) is 88.5 cm³/mol. The van der Waals surface area contributed by atoms with Crippen molar-refractivity contribution in [3.05, 3.63) is 59.0 Å². The quantitative estimate of drug-likeness (QED) is 0.724. The predicted octanol–water partition coefficient (Wildman–Crippen LogP) is 2.07. The van der Waals surface area contributed by atoms with Crippen molar-refractivity contribution in [1.29, 1.82) is 0 Å². The van der Waals surface area contributed by atoms with Crippen molar-refractivity contribution in [2.24, 2.45) is 7.05 Å². The van der Waals surface area contributed by atoms with Gasteiger partial charge in [-0.1, -0.05) is 24.3 Å². The second kappa shape index (κ2) is 6.00. The summed E-state index contributed by atoms with van der Waals surface area (Å²) in [6, 6.07) is 14.0. The van der Waals surface area contributed by atoms with Gasteiger partial charge in [-0.25, -0.2) is 4.79 Å². The summed E-state index contributed by atoms with van der Waals surface area (Å²) in [5, 5.41) is 12.3. The first-order chi connectivity index (χ1) is 11.1. The molecule has 0 atom stereocenters. The molecule has 1 aromatic heterocycles. The van der Waals surface area contributed by atoms with Crippen molar-refractivity contribution in [1.82, 2.24) is 9.13 Å². The molecular formula is C17H17N3O3. The van der Waals surface area contributed by atoms with E-state index in [1.54, 1.807) is 34.4 Å². The first-order valence-corrected chi connectivity index (χ1v) is 7.30. The number of nitrogens with zero attached hydrogens (tertiary/aromatic N) is 2. The van der Waals surface area contributed by atoms with Crippen molar-refractivity contribution in [2.45, 2.75) is 13.0 Å². The van der Waals surface area contributed by atoms with Crippen LogP contribution in [-0.2, 0) is 18.4 Å². The number of aromatic nitrogens is 2. The highest BCUT2D eigenvalue weighted by Crippen LogP contribution is 2.21. The van der Waals surface area contributed by atoms with Crippen LogP contribution in [-0.4, -0.2) is 20.1 Å². The average Bonchev–Trinajstić information content (AvgIpc) is 2.80. The highest BCUT2D eigenvalue weighted by molar-refractivity contribution is 5.92. The Labute approximate surface area is 132 Å². The van der Waals surface area contributed by atoms with Crippen molar-refractivity contribution in [2.75, 3.05) is 5.32 Å². The van der Waals surface area contributed by atoms with Crippen LogP contribution in [0.5, 0.6) is 5.75 Å². The number of carbonyl (C=O) groups excluding carboxylic acids is 1. The monoisotopic (exact) mass is 311 g/mol. The Balaban J connectivity index is 1.76. The van der Waals surface area contributed by atoms with Crippen LogP contribution < -0.4 is 11.0 Å². The maximum atomic E-state index is 12.3. The van der Waals surface area contributed by atoms with E-state index < -0.39 is 0 Å². The number of phenols is 1. The van der Waals surface area contributed by atoms with Gasteiger partial charge in [0.25, 0.3) is 0 Å². The molecular weight excluding hydrogens is 294 g/mol. The zero-order chi connectivity index (χ0) is 16.4. The molecule has 0 bridgehead atoms. The van der Waals surface area contributed by atoms with Crippen molar-refractivity contribution >= 4 is 22.6 Å². The number of hydrogen-bond donors (Lipinski definition) is 2. The van der Waals surface area contributed by atoms with Crippen molar-refractivity contribution in [3.63, 3.8) is 0 Å². The standard InChI is InChI=1S/C17H17N3O3/c1-19-13-7-3-4-8-14(13)20(17(19)23)11-10-16(22)18-12-6-2-5-9-15(12)21/h2-9,21H,10-11H2,1H3,(H,18,22). The van der Waals surface area contributed by atoms with Gasteiger partial charge in [-0.05, 0) is 24.3 Å². The Morgan fingerprint density at radius 2 is 1.74 bits per heavy atom. The van der Waals surface area contributed by atoms with Crippen LogP contribution in [0.25, 0.3) is 11.0 Å². The van der Waals surface area contributed by atoms with Crippen LogP contribution in [0.3, 0.4) is 0 Å². The third-order valence-corrected chi connectivity index (χ3v) is 3.79. The Morgan fingerprint density at radius 1 is 1.09 bits per heavy atom. The molecule has 1 amide bonds. The fourth-order valence-corrected chi connectivity index (χ4v) is 2.58. The van der Waals surface area contributed by atoms with Gasteiger partial charge in [0.2, 0.25) is 5.91 Å². The molecule has 118 valence electrons. The maximum Gasteiger partial charge on any atom is 0.328 e.